The minimum atomic E-state index is -0.928. The molecule has 0 saturated carbocycles. The van der Waals surface area contributed by atoms with E-state index in [2.05, 4.69) is 5.10 Å². The Morgan fingerprint density at radius 1 is 1.32 bits per heavy atom. The van der Waals surface area contributed by atoms with Crippen molar-refractivity contribution in [2.45, 2.75) is 13.3 Å². The average molecular weight is 322 g/mol. The second-order valence-electron chi connectivity index (χ2n) is 4.68. The minimum absolute atomic E-state index is 0.0785. The lowest BCUT2D eigenvalue weighted by Gasteiger charge is -2.18. The van der Waals surface area contributed by atoms with Gasteiger partial charge >= 0.3 is 5.97 Å². The van der Waals surface area contributed by atoms with E-state index in [1.54, 1.807) is 35.1 Å². The molecule has 0 aliphatic rings. The summed E-state index contributed by atoms with van der Waals surface area (Å²) in [5.41, 5.74) is 1.21. The number of amides is 1. The first-order chi connectivity index (χ1) is 10.5. The van der Waals surface area contributed by atoms with Crippen LogP contribution >= 0.6 is 11.6 Å². The number of benzene rings is 1. The summed E-state index contributed by atoms with van der Waals surface area (Å²) in [4.78, 5) is 24.5. The van der Waals surface area contributed by atoms with Crippen molar-refractivity contribution >= 4 is 23.5 Å². The normalized spacial score (nSPS) is 10.5. The second kappa shape index (κ2) is 7.09. The molecule has 7 heteroatoms. The molecule has 0 saturated heterocycles. The van der Waals surface area contributed by atoms with E-state index < -0.39 is 5.97 Å². The third-order valence-electron chi connectivity index (χ3n) is 3.19. The summed E-state index contributed by atoms with van der Waals surface area (Å²) in [5, 5.41) is 13.5. The van der Waals surface area contributed by atoms with Crippen molar-refractivity contribution in [3.8, 4) is 5.69 Å². The van der Waals surface area contributed by atoms with Crippen LogP contribution in [0.25, 0.3) is 5.69 Å². The molecule has 6 nitrogen and oxygen atoms in total. The molecule has 0 radical (unpaired) electrons. The number of hydrogen-bond donors (Lipinski definition) is 1. The van der Waals surface area contributed by atoms with E-state index in [1.807, 2.05) is 6.92 Å². The molecule has 116 valence electrons. The van der Waals surface area contributed by atoms with E-state index in [1.165, 1.54) is 11.1 Å². The van der Waals surface area contributed by atoms with Crippen molar-refractivity contribution < 1.29 is 14.7 Å². The van der Waals surface area contributed by atoms with Gasteiger partial charge in [-0.3, -0.25) is 9.59 Å². The highest BCUT2D eigenvalue weighted by Gasteiger charge is 2.17. The molecule has 0 aliphatic heterocycles. The van der Waals surface area contributed by atoms with Gasteiger partial charge in [-0.2, -0.15) is 5.10 Å². The number of carboxylic acids is 1. The van der Waals surface area contributed by atoms with E-state index in [0.717, 1.165) is 5.69 Å². The van der Waals surface area contributed by atoms with Gasteiger partial charge in [0.05, 0.1) is 23.9 Å². The SMILES string of the molecule is CCN(CCC(=O)O)C(=O)c1cnn(-c2ccc(Cl)cc2)c1. The summed E-state index contributed by atoms with van der Waals surface area (Å²) in [7, 11) is 0. The fraction of sp³-hybridized carbons (Fsp3) is 0.267. The van der Waals surface area contributed by atoms with Crippen LogP contribution in [0.5, 0.6) is 0 Å². The lowest BCUT2D eigenvalue weighted by Crippen LogP contribution is -2.32. The molecule has 1 aromatic carbocycles. The first-order valence-electron chi connectivity index (χ1n) is 6.83. The number of carbonyl (C=O) groups excluding carboxylic acids is 1. The standard InChI is InChI=1S/C15H16ClN3O3/c1-2-18(8-7-14(20)21)15(22)11-9-17-19(10-11)13-5-3-12(16)4-6-13/h3-6,9-10H,2,7-8H2,1H3,(H,20,21). The lowest BCUT2D eigenvalue weighted by molar-refractivity contribution is -0.137. The molecule has 1 amide bonds. The Morgan fingerprint density at radius 3 is 2.59 bits per heavy atom. The molecule has 1 aromatic heterocycles. The molecular formula is C15H16ClN3O3. The monoisotopic (exact) mass is 321 g/mol. The number of halogens is 1. The highest BCUT2D eigenvalue weighted by Crippen LogP contribution is 2.14. The highest BCUT2D eigenvalue weighted by atomic mass is 35.5. The number of aromatic nitrogens is 2. The van der Waals surface area contributed by atoms with Crippen LogP contribution < -0.4 is 0 Å². The summed E-state index contributed by atoms with van der Waals surface area (Å²) in [5.74, 6) is -1.16. The molecule has 0 aliphatic carbocycles. The Bertz CT molecular complexity index is 667. The zero-order valence-corrected chi connectivity index (χ0v) is 12.8. The predicted molar refractivity (Wildman–Crippen MR) is 82.4 cm³/mol. The smallest absolute Gasteiger partial charge is 0.305 e. The third kappa shape index (κ3) is 3.85. The van der Waals surface area contributed by atoms with Gasteiger partial charge in [-0.1, -0.05) is 11.6 Å². The molecule has 0 bridgehead atoms. The lowest BCUT2D eigenvalue weighted by atomic mass is 10.2. The van der Waals surface area contributed by atoms with E-state index in [9.17, 15) is 9.59 Å². The van der Waals surface area contributed by atoms with Gasteiger partial charge < -0.3 is 10.0 Å². The zero-order valence-electron chi connectivity index (χ0n) is 12.1. The largest absolute Gasteiger partial charge is 0.481 e. The molecule has 0 atom stereocenters. The fourth-order valence-electron chi connectivity index (χ4n) is 1.98. The predicted octanol–water partition coefficient (Wildman–Crippen LogP) is 2.46. The Morgan fingerprint density at radius 2 is 2.00 bits per heavy atom. The number of carboxylic acid groups (broad SMARTS) is 1. The Balaban J connectivity index is 2.14. The second-order valence-corrected chi connectivity index (χ2v) is 5.11. The molecule has 1 heterocycles. The van der Waals surface area contributed by atoms with Crippen LogP contribution in [0.15, 0.2) is 36.7 Å². The van der Waals surface area contributed by atoms with Crippen LogP contribution in [0.3, 0.4) is 0 Å². The number of aliphatic carboxylic acids is 1. The molecule has 22 heavy (non-hydrogen) atoms. The van der Waals surface area contributed by atoms with Gasteiger partial charge in [0, 0.05) is 24.3 Å². The first kappa shape index (κ1) is 16.0. The minimum Gasteiger partial charge on any atom is -0.481 e. The van der Waals surface area contributed by atoms with Gasteiger partial charge in [0.15, 0.2) is 0 Å². The number of nitrogens with zero attached hydrogens (tertiary/aromatic N) is 3. The van der Waals surface area contributed by atoms with Crippen molar-refractivity contribution in [2.75, 3.05) is 13.1 Å². The molecular weight excluding hydrogens is 306 g/mol. The Labute approximate surface area is 132 Å². The van der Waals surface area contributed by atoms with Gasteiger partial charge in [0.25, 0.3) is 5.91 Å². The van der Waals surface area contributed by atoms with Crippen molar-refractivity contribution in [2.24, 2.45) is 0 Å². The maximum atomic E-state index is 12.3. The molecule has 1 N–H and O–H groups in total. The maximum absolute atomic E-state index is 12.3. The van der Waals surface area contributed by atoms with Crippen LogP contribution in [0.4, 0.5) is 0 Å². The van der Waals surface area contributed by atoms with Gasteiger partial charge in [0.1, 0.15) is 0 Å². The maximum Gasteiger partial charge on any atom is 0.305 e. The van der Waals surface area contributed by atoms with E-state index >= 15 is 0 Å². The van der Waals surface area contributed by atoms with Gasteiger partial charge in [-0.05, 0) is 31.2 Å². The van der Waals surface area contributed by atoms with Gasteiger partial charge in [0.2, 0.25) is 0 Å². The van der Waals surface area contributed by atoms with Crippen LogP contribution in [0.2, 0.25) is 5.02 Å². The molecule has 0 spiro atoms. The van der Waals surface area contributed by atoms with Crippen molar-refractivity contribution in [3.63, 3.8) is 0 Å². The van der Waals surface area contributed by atoms with Crippen LogP contribution in [-0.2, 0) is 4.79 Å². The topological polar surface area (TPSA) is 75.4 Å². The van der Waals surface area contributed by atoms with Crippen LogP contribution in [0, 0.1) is 0 Å². The van der Waals surface area contributed by atoms with Gasteiger partial charge in [-0.15, -0.1) is 0 Å². The average Bonchev–Trinajstić information content (AvgIpc) is 2.98. The summed E-state index contributed by atoms with van der Waals surface area (Å²) in [6.45, 7) is 2.43. The van der Waals surface area contributed by atoms with Crippen molar-refractivity contribution in [3.05, 3.63) is 47.2 Å². The number of hydrogen-bond acceptors (Lipinski definition) is 3. The quantitative estimate of drug-likeness (QED) is 0.886. The summed E-state index contributed by atoms with van der Waals surface area (Å²) in [6.07, 6.45) is 3.01. The highest BCUT2D eigenvalue weighted by molar-refractivity contribution is 6.30. The van der Waals surface area contributed by atoms with E-state index in [-0.39, 0.29) is 18.9 Å². The van der Waals surface area contributed by atoms with Gasteiger partial charge in [-0.25, -0.2) is 4.68 Å². The van der Waals surface area contributed by atoms with Crippen LogP contribution in [0.1, 0.15) is 23.7 Å². The Hall–Kier alpha value is -2.34. The molecule has 0 unspecified atom stereocenters. The third-order valence-corrected chi connectivity index (χ3v) is 3.44. The van der Waals surface area contributed by atoms with Crippen molar-refractivity contribution in [1.82, 2.24) is 14.7 Å². The fourth-order valence-corrected chi connectivity index (χ4v) is 2.11. The Kier molecular flexibility index (Phi) is 5.16. The summed E-state index contributed by atoms with van der Waals surface area (Å²) in [6, 6.07) is 7.08. The first-order valence-corrected chi connectivity index (χ1v) is 7.20. The summed E-state index contributed by atoms with van der Waals surface area (Å²) < 4.78 is 1.58. The van der Waals surface area contributed by atoms with E-state index in [4.69, 9.17) is 16.7 Å². The molecule has 0 fully saturated rings. The molecule has 2 aromatic rings. The van der Waals surface area contributed by atoms with E-state index in [0.29, 0.717) is 17.1 Å². The summed E-state index contributed by atoms with van der Waals surface area (Å²) >= 11 is 5.84. The van der Waals surface area contributed by atoms with Crippen molar-refractivity contribution in [1.29, 1.82) is 0 Å². The number of carbonyl (C=O) groups is 2. The van der Waals surface area contributed by atoms with Crippen LogP contribution in [-0.4, -0.2) is 44.8 Å². The zero-order chi connectivity index (χ0) is 16.1. The molecule has 2 rings (SSSR count). The number of rotatable bonds is 6.